The molecule has 0 radical (unpaired) electrons. The standard InChI is InChI=1S/C14H32N4O/c1-5-18(6-2)12-8-11-16-10-7-9-14(3,4)13(15)17-19/h16,19H,5-12H2,1-4H3,(H2,15,17). The smallest absolute Gasteiger partial charge is 0.144 e. The summed E-state index contributed by atoms with van der Waals surface area (Å²) in [4.78, 5) is 2.43. The Hall–Kier alpha value is -0.810. The number of amidine groups is 1. The summed E-state index contributed by atoms with van der Waals surface area (Å²) in [6.45, 7) is 13.9. The van der Waals surface area contributed by atoms with Crippen LogP contribution < -0.4 is 11.1 Å². The summed E-state index contributed by atoms with van der Waals surface area (Å²) in [5.74, 6) is 0.314. The molecule has 0 aromatic rings. The average Bonchev–Trinajstić information content (AvgIpc) is 2.41. The number of oxime groups is 1. The van der Waals surface area contributed by atoms with Crippen LogP contribution >= 0.6 is 0 Å². The van der Waals surface area contributed by atoms with Crippen molar-refractivity contribution >= 4 is 5.84 Å². The molecule has 4 N–H and O–H groups in total. The second kappa shape index (κ2) is 10.0. The highest BCUT2D eigenvalue weighted by Gasteiger charge is 2.22. The maximum absolute atomic E-state index is 8.68. The van der Waals surface area contributed by atoms with Crippen LogP contribution in [-0.4, -0.2) is 48.7 Å². The summed E-state index contributed by atoms with van der Waals surface area (Å²) in [5, 5.41) is 15.2. The molecular weight excluding hydrogens is 240 g/mol. The SMILES string of the molecule is CCN(CC)CCCNCCCC(C)(C)C(N)=NO. The fourth-order valence-electron chi connectivity index (χ4n) is 2.01. The van der Waals surface area contributed by atoms with Crippen molar-refractivity contribution in [3.63, 3.8) is 0 Å². The molecule has 0 aromatic carbocycles. The van der Waals surface area contributed by atoms with Crippen LogP contribution in [-0.2, 0) is 0 Å². The molecule has 0 atom stereocenters. The fraction of sp³-hybridized carbons (Fsp3) is 0.929. The first-order chi connectivity index (χ1) is 8.97. The van der Waals surface area contributed by atoms with Crippen molar-refractivity contribution in [3.8, 4) is 0 Å². The second-order valence-corrected chi connectivity index (χ2v) is 5.60. The van der Waals surface area contributed by atoms with Gasteiger partial charge in [-0.2, -0.15) is 0 Å². The van der Waals surface area contributed by atoms with Gasteiger partial charge in [0, 0.05) is 5.41 Å². The molecule has 5 nitrogen and oxygen atoms in total. The molecule has 0 saturated carbocycles. The van der Waals surface area contributed by atoms with Gasteiger partial charge in [-0.15, -0.1) is 0 Å². The van der Waals surface area contributed by atoms with Crippen LogP contribution in [0.1, 0.15) is 47.0 Å². The molecule has 0 aliphatic carbocycles. The summed E-state index contributed by atoms with van der Waals surface area (Å²) < 4.78 is 0. The van der Waals surface area contributed by atoms with E-state index in [0.29, 0.717) is 5.84 Å². The summed E-state index contributed by atoms with van der Waals surface area (Å²) in [5.41, 5.74) is 5.43. The van der Waals surface area contributed by atoms with Crippen molar-refractivity contribution in [2.45, 2.75) is 47.0 Å². The Morgan fingerprint density at radius 3 is 2.32 bits per heavy atom. The molecule has 0 amide bonds. The van der Waals surface area contributed by atoms with Crippen LogP contribution in [0.2, 0.25) is 0 Å². The zero-order valence-corrected chi connectivity index (χ0v) is 13.1. The third kappa shape index (κ3) is 8.06. The fourth-order valence-corrected chi connectivity index (χ4v) is 2.01. The lowest BCUT2D eigenvalue weighted by atomic mass is 9.86. The van der Waals surface area contributed by atoms with Gasteiger partial charge in [-0.3, -0.25) is 0 Å². The predicted octanol–water partition coefficient (Wildman–Crippen LogP) is 1.86. The third-order valence-corrected chi connectivity index (χ3v) is 3.68. The maximum Gasteiger partial charge on any atom is 0.144 e. The van der Waals surface area contributed by atoms with Gasteiger partial charge in [0.15, 0.2) is 0 Å². The Morgan fingerprint density at radius 2 is 1.79 bits per heavy atom. The van der Waals surface area contributed by atoms with Crippen LogP contribution in [0.5, 0.6) is 0 Å². The molecule has 19 heavy (non-hydrogen) atoms. The van der Waals surface area contributed by atoms with Crippen LogP contribution in [0, 0.1) is 5.41 Å². The quantitative estimate of drug-likeness (QED) is 0.176. The Bertz CT molecular complexity index is 250. The zero-order chi connectivity index (χ0) is 14.7. The number of hydrogen-bond donors (Lipinski definition) is 3. The first-order valence-electron chi connectivity index (χ1n) is 7.39. The van der Waals surface area contributed by atoms with E-state index in [-0.39, 0.29) is 5.41 Å². The predicted molar refractivity (Wildman–Crippen MR) is 81.7 cm³/mol. The highest BCUT2D eigenvalue weighted by atomic mass is 16.4. The van der Waals surface area contributed by atoms with E-state index >= 15 is 0 Å². The van der Waals surface area contributed by atoms with Crippen LogP contribution in [0.25, 0.3) is 0 Å². The largest absolute Gasteiger partial charge is 0.409 e. The first kappa shape index (κ1) is 18.2. The molecule has 0 heterocycles. The second-order valence-electron chi connectivity index (χ2n) is 5.60. The number of rotatable bonds is 11. The summed E-state index contributed by atoms with van der Waals surface area (Å²) >= 11 is 0. The van der Waals surface area contributed by atoms with Crippen molar-refractivity contribution in [3.05, 3.63) is 0 Å². The maximum atomic E-state index is 8.68. The molecule has 0 saturated heterocycles. The molecule has 5 heteroatoms. The van der Waals surface area contributed by atoms with Crippen molar-refractivity contribution < 1.29 is 5.21 Å². The molecule has 114 valence electrons. The van der Waals surface area contributed by atoms with Gasteiger partial charge in [0.25, 0.3) is 0 Å². The summed E-state index contributed by atoms with van der Waals surface area (Å²) in [6, 6.07) is 0. The number of hydrogen-bond acceptors (Lipinski definition) is 4. The molecule has 0 unspecified atom stereocenters. The van der Waals surface area contributed by atoms with E-state index in [1.54, 1.807) is 0 Å². The zero-order valence-electron chi connectivity index (χ0n) is 13.1. The summed E-state index contributed by atoms with van der Waals surface area (Å²) in [6.07, 6.45) is 3.14. The Labute approximate surface area is 118 Å². The molecule has 0 bridgehead atoms. The number of nitrogens with zero attached hydrogens (tertiary/aromatic N) is 2. The van der Waals surface area contributed by atoms with Gasteiger partial charge >= 0.3 is 0 Å². The third-order valence-electron chi connectivity index (χ3n) is 3.68. The normalized spacial score (nSPS) is 13.2. The van der Waals surface area contributed by atoms with Gasteiger partial charge in [0.2, 0.25) is 0 Å². The Kier molecular flexibility index (Phi) is 9.61. The van der Waals surface area contributed by atoms with Gasteiger partial charge < -0.3 is 21.2 Å². The molecule has 0 rings (SSSR count). The lowest BCUT2D eigenvalue weighted by Crippen LogP contribution is -2.33. The Balaban J connectivity index is 3.56. The van der Waals surface area contributed by atoms with Gasteiger partial charge in [0.1, 0.15) is 5.84 Å². The van der Waals surface area contributed by atoms with E-state index in [2.05, 4.69) is 29.2 Å². The van der Waals surface area contributed by atoms with E-state index in [1.165, 1.54) is 6.42 Å². The minimum absolute atomic E-state index is 0.225. The van der Waals surface area contributed by atoms with E-state index in [4.69, 9.17) is 10.9 Å². The molecular formula is C14H32N4O. The van der Waals surface area contributed by atoms with Crippen LogP contribution in [0.4, 0.5) is 0 Å². The molecule has 0 spiro atoms. The Morgan fingerprint density at radius 1 is 1.21 bits per heavy atom. The molecule has 0 aliphatic heterocycles. The highest BCUT2D eigenvalue weighted by molar-refractivity contribution is 5.85. The minimum Gasteiger partial charge on any atom is -0.409 e. The first-order valence-corrected chi connectivity index (χ1v) is 7.39. The number of nitrogens with one attached hydrogen (secondary N) is 1. The van der Waals surface area contributed by atoms with Crippen LogP contribution in [0.15, 0.2) is 5.16 Å². The van der Waals surface area contributed by atoms with Gasteiger partial charge in [-0.1, -0.05) is 32.9 Å². The molecule has 0 aromatic heterocycles. The van der Waals surface area contributed by atoms with E-state index in [9.17, 15) is 0 Å². The number of nitrogens with two attached hydrogens (primary N) is 1. The highest BCUT2D eigenvalue weighted by Crippen LogP contribution is 2.21. The van der Waals surface area contributed by atoms with Crippen molar-refractivity contribution in [1.82, 2.24) is 10.2 Å². The monoisotopic (exact) mass is 272 g/mol. The van der Waals surface area contributed by atoms with E-state index < -0.39 is 0 Å². The molecule has 0 fully saturated rings. The van der Waals surface area contributed by atoms with E-state index in [0.717, 1.165) is 45.6 Å². The van der Waals surface area contributed by atoms with Crippen molar-refractivity contribution in [1.29, 1.82) is 0 Å². The van der Waals surface area contributed by atoms with Crippen molar-refractivity contribution in [2.24, 2.45) is 16.3 Å². The lowest BCUT2D eigenvalue weighted by molar-refractivity contribution is 0.296. The van der Waals surface area contributed by atoms with Gasteiger partial charge in [-0.05, 0) is 52.0 Å². The summed E-state index contributed by atoms with van der Waals surface area (Å²) in [7, 11) is 0. The van der Waals surface area contributed by atoms with E-state index in [1.807, 2.05) is 13.8 Å². The van der Waals surface area contributed by atoms with Crippen molar-refractivity contribution in [2.75, 3.05) is 32.7 Å². The minimum atomic E-state index is -0.225. The average molecular weight is 272 g/mol. The van der Waals surface area contributed by atoms with Gasteiger partial charge in [0.05, 0.1) is 0 Å². The van der Waals surface area contributed by atoms with Gasteiger partial charge in [-0.25, -0.2) is 0 Å². The van der Waals surface area contributed by atoms with Crippen LogP contribution in [0.3, 0.4) is 0 Å². The molecule has 0 aliphatic rings. The lowest BCUT2D eigenvalue weighted by Gasteiger charge is -2.22. The topological polar surface area (TPSA) is 73.9 Å².